The van der Waals surface area contributed by atoms with Crippen LogP contribution >= 0.6 is 0 Å². The average molecular weight is 348 g/mol. The first-order chi connectivity index (χ1) is 12.7. The number of aromatic nitrogens is 1. The lowest BCUT2D eigenvalue weighted by Gasteiger charge is -2.14. The second-order valence-electron chi connectivity index (χ2n) is 7.00. The Hall–Kier alpha value is -2.75. The standard InChI is InChI=1S/C22H24N2O2/c1-15-5-4-7-19-18(14-24-21(15)19)9-11-23-22(25)17-10-12-26-20-8-3-2-6-16(20)13-17/h2-8,14,17,24H,9-13H2,1H3,(H,23,25)/t17-/m1/s1. The van der Waals surface area contributed by atoms with Gasteiger partial charge in [0, 0.05) is 29.6 Å². The van der Waals surface area contributed by atoms with E-state index in [-0.39, 0.29) is 11.8 Å². The Balaban J connectivity index is 1.37. The van der Waals surface area contributed by atoms with Gasteiger partial charge in [-0.1, -0.05) is 36.4 Å². The van der Waals surface area contributed by atoms with E-state index in [0.717, 1.165) is 30.6 Å². The van der Waals surface area contributed by atoms with Crippen LogP contribution in [-0.2, 0) is 17.6 Å². The Labute approximate surface area is 153 Å². The summed E-state index contributed by atoms with van der Waals surface area (Å²) in [5.41, 5.74) is 4.80. The molecule has 1 aliphatic rings. The van der Waals surface area contributed by atoms with Gasteiger partial charge in [0.15, 0.2) is 0 Å². The summed E-state index contributed by atoms with van der Waals surface area (Å²) < 4.78 is 5.77. The van der Waals surface area contributed by atoms with Gasteiger partial charge in [0.2, 0.25) is 5.91 Å². The van der Waals surface area contributed by atoms with Crippen LogP contribution in [0.25, 0.3) is 10.9 Å². The first kappa shape index (κ1) is 16.7. The SMILES string of the molecule is Cc1cccc2c(CCNC(=O)[C@@H]3CCOc4ccccc4C3)c[nH]c12. The van der Waals surface area contributed by atoms with Crippen molar-refractivity contribution in [3.8, 4) is 5.75 Å². The van der Waals surface area contributed by atoms with Gasteiger partial charge in [-0.15, -0.1) is 0 Å². The zero-order chi connectivity index (χ0) is 17.9. The van der Waals surface area contributed by atoms with Gasteiger partial charge in [0.25, 0.3) is 0 Å². The van der Waals surface area contributed by atoms with Gasteiger partial charge >= 0.3 is 0 Å². The molecule has 0 spiro atoms. The molecule has 0 fully saturated rings. The number of aromatic amines is 1. The monoisotopic (exact) mass is 348 g/mol. The van der Waals surface area contributed by atoms with Crippen LogP contribution in [0.1, 0.15) is 23.1 Å². The van der Waals surface area contributed by atoms with Gasteiger partial charge in [-0.05, 0) is 48.9 Å². The van der Waals surface area contributed by atoms with Crippen LogP contribution in [0.15, 0.2) is 48.7 Å². The quantitative estimate of drug-likeness (QED) is 0.754. The lowest BCUT2D eigenvalue weighted by molar-refractivity contribution is -0.125. The molecule has 0 radical (unpaired) electrons. The molecule has 2 heterocycles. The van der Waals surface area contributed by atoms with Gasteiger partial charge in [0.1, 0.15) is 5.75 Å². The summed E-state index contributed by atoms with van der Waals surface area (Å²) >= 11 is 0. The van der Waals surface area contributed by atoms with E-state index >= 15 is 0 Å². The van der Waals surface area contributed by atoms with Crippen molar-refractivity contribution in [1.29, 1.82) is 0 Å². The summed E-state index contributed by atoms with van der Waals surface area (Å²) in [4.78, 5) is 16.0. The van der Waals surface area contributed by atoms with Crippen molar-refractivity contribution >= 4 is 16.8 Å². The smallest absolute Gasteiger partial charge is 0.223 e. The summed E-state index contributed by atoms with van der Waals surface area (Å²) in [6.07, 6.45) is 4.38. The number of fused-ring (bicyclic) bond motifs is 2. The molecular weight excluding hydrogens is 324 g/mol. The third-order valence-electron chi connectivity index (χ3n) is 5.24. The molecule has 0 bridgehead atoms. The predicted octanol–water partition coefficient (Wildman–Crippen LogP) is 3.78. The lowest BCUT2D eigenvalue weighted by atomic mass is 9.96. The number of carbonyl (C=O) groups is 1. The molecule has 1 aliphatic heterocycles. The second kappa shape index (κ2) is 7.24. The van der Waals surface area contributed by atoms with Crippen LogP contribution in [0.2, 0.25) is 0 Å². The second-order valence-corrected chi connectivity index (χ2v) is 7.00. The fourth-order valence-electron chi connectivity index (χ4n) is 3.75. The highest BCUT2D eigenvalue weighted by Crippen LogP contribution is 2.26. The van der Waals surface area contributed by atoms with E-state index in [1.54, 1.807) is 0 Å². The topological polar surface area (TPSA) is 54.1 Å². The number of amides is 1. The predicted molar refractivity (Wildman–Crippen MR) is 103 cm³/mol. The summed E-state index contributed by atoms with van der Waals surface area (Å²) in [7, 11) is 0. The number of hydrogen-bond donors (Lipinski definition) is 2. The van der Waals surface area contributed by atoms with E-state index in [1.807, 2.05) is 18.2 Å². The Kier molecular flexibility index (Phi) is 4.65. The maximum absolute atomic E-state index is 12.6. The molecule has 4 heteroatoms. The zero-order valence-corrected chi connectivity index (χ0v) is 15.0. The third-order valence-corrected chi connectivity index (χ3v) is 5.24. The molecule has 26 heavy (non-hydrogen) atoms. The zero-order valence-electron chi connectivity index (χ0n) is 15.0. The van der Waals surface area contributed by atoms with E-state index in [2.05, 4.69) is 47.7 Å². The number of aryl methyl sites for hydroxylation is 1. The summed E-state index contributed by atoms with van der Waals surface area (Å²) in [5, 5.41) is 4.37. The van der Waals surface area contributed by atoms with Crippen molar-refractivity contribution in [3.63, 3.8) is 0 Å². The largest absolute Gasteiger partial charge is 0.493 e. The molecule has 1 aromatic heterocycles. The van der Waals surface area contributed by atoms with E-state index < -0.39 is 0 Å². The summed E-state index contributed by atoms with van der Waals surface area (Å²) in [6, 6.07) is 14.3. The Bertz CT molecular complexity index is 929. The Morgan fingerprint density at radius 2 is 2.12 bits per heavy atom. The van der Waals surface area contributed by atoms with Crippen LogP contribution in [-0.4, -0.2) is 24.0 Å². The molecule has 1 atom stereocenters. The van der Waals surface area contributed by atoms with E-state index in [9.17, 15) is 4.79 Å². The van der Waals surface area contributed by atoms with Crippen LogP contribution in [0.5, 0.6) is 5.75 Å². The van der Waals surface area contributed by atoms with Crippen LogP contribution in [0.4, 0.5) is 0 Å². The van der Waals surface area contributed by atoms with Gasteiger partial charge in [0.05, 0.1) is 6.61 Å². The van der Waals surface area contributed by atoms with E-state index in [1.165, 1.54) is 22.0 Å². The molecule has 0 aliphatic carbocycles. The molecule has 2 N–H and O–H groups in total. The highest BCUT2D eigenvalue weighted by molar-refractivity contribution is 5.86. The molecule has 4 nitrogen and oxygen atoms in total. The Morgan fingerprint density at radius 1 is 1.23 bits per heavy atom. The van der Waals surface area contributed by atoms with Crippen LogP contribution in [0.3, 0.4) is 0 Å². The van der Waals surface area contributed by atoms with Gasteiger partial charge in [-0.25, -0.2) is 0 Å². The fraction of sp³-hybridized carbons (Fsp3) is 0.318. The average Bonchev–Trinajstić information content (AvgIpc) is 2.94. The molecule has 4 rings (SSSR count). The normalized spacial score (nSPS) is 16.6. The van der Waals surface area contributed by atoms with Crippen LogP contribution in [0, 0.1) is 12.8 Å². The minimum Gasteiger partial charge on any atom is -0.493 e. The number of carbonyl (C=O) groups excluding carboxylic acids is 1. The maximum Gasteiger partial charge on any atom is 0.223 e. The first-order valence-corrected chi connectivity index (χ1v) is 9.26. The molecule has 3 aromatic rings. The molecule has 134 valence electrons. The van der Waals surface area contributed by atoms with Crippen molar-refractivity contribution in [3.05, 3.63) is 65.4 Å². The number of nitrogens with one attached hydrogen (secondary N) is 2. The number of para-hydroxylation sites is 2. The number of ether oxygens (including phenoxy) is 1. The molecule has 0 saturated carbocycles. The van der Waals surface area contributed by atoms with Crippen molar-refractivity contribution in [1.82, 2.24) is 10.3 Å². The van der Waals surface area contributed by atoms with Gasteiger partial charge < -0.3 is 15.0 Å². The van der Waals surface area contributed by atoms with Crippen molar-refractivity contribution in [2.75, 3.05) is 13.2 Å². The highest BCUT2D eigenvalue weighted by atomic mass is 16.5. The van der Waals surface area contributed by atoms with Gasteiger partial charge in [-0.2, -0.15) is 0 Å². The van der Waals surface area contributed by atoms with Crippen molar-refractivity contribution < 1.29 is 9.53 Å². The maximum atomic E-state index is 12.6. The summed E-state index contributed by atoms with van der Waals surface area (Å²) in [5.74, 6) is 1.02. The summed E-state index contributed by atoms with van der Waals surface area (Å²) in [6.45, 7) is 3.35. The van der Waals surface area contributed by atoms with E-state index in [4.69, 9.17) is 4.74 Å². The minimum absolute atomic E-state index is 0.0242. The highest BCUT2D eigenvalue weighted by Gasteiger charge is 2.23. The van der Waals surface area contributed by atoms with Crippen LogP contribution < -0.4 is 10.1 Å². The molecule has 2 aromatic carbocycles. The first-order valence-electron chi connectivity index (χ1n) is 9.26. The molecule has 1 amide bonds. The number of hydrogen-bond acceptors (Lipinski definition) is 2. The number of H-pyrrole nitrogens is 1. The molecular formula is C22H24N2O2. The number of rotatable bonds is 4. The lowest BCUT2D eigenvalue weighted by Crippen LogP contribution is -2.33. The third kappa shape index (κ3) is 3.32. The Morgan fingerprint density at radius 3 is 3.04 bits per heavy atom. The van der Waals surface area contributed by atoms with Gasteiger partial charge in [-0.3, -0.25) is 4.79 Å². The number of benzene rings is 2. The van der Waals surface area contributed by atoms with Crippen molar-refractivity contribution in [2.24, 2.45) is 5.92 Å². The van der Waals surface area contributed by atoms with E-state index in [0.29, 0.717) is 13.2 Å². The molecule has 0 unspecified atom stereocenters. The fourth-order valence-corrected chi connectivity index (χ4v) is 3.75. The molecule has 0 saturated heterocycles. The minimum atomic E-state index is -0.0242. The van der Waals surface area contributed by atoms with Crippen molar-refractivity contribution in [2.45, 2.75) is 26.2 Å².